The zero-order chi connectivity index (χ0) is 28.8. The summed E-state index contributed by atoms with van der Waals surface area (Å²) in [6, 6.07) is 4.46. The Bertz CT molecular complexity index is 1660. The van der Waals surface area contributed by atoms with E-state index in [4.69, 9.17) is 16.3 Å². The van der Waals surface area contributed by atoms with Crippen molar-refractivity contribution >= 4 is 50.4 Å². The number of ether oxygens (including phenoxy) is 1. The molecule has 6 rings (SSSR count). The highest BCUT2D eigenvalue weighted by Gasteiger charge is 2.48. The zero-order valence-electron chi connectivity index (χ0n) is 22.4. The minimum atomic E-state index is -3.64. The molecule has 0 saturated heterocycles. The Morgan fingerprint density at radius 1 is 1.15 bits per heavy atom. The van der Waals surface area contributed by atoms with Gasteiger partial charge in [-0.15, -0.1) is 0 Å². The van der Waals surface area contributed by atoms with Crippen LogP contribution < -0.4 is 10.2 Å². The molecule has 4 heterocycles. The summed E-state index contributed by atoms with van der Waals surface area (Å²) in [4.78, 5) is 32.3. The summed E-state index contributed by atoms with van der Waals surface area (Å²) in [5, 5.41) is 3.51. The lowest BCUT2D eigenvalue weighted by Gasteiger charge is -2.39. The van der Waals surface area contributed by atoms with Gasteiger partial charge in [-0.05, 0) is 49.8 Å². The first-order valence-corrected chi connectivity index (χ1v) is 15.4. The van der Waals surface area contributed by atoms with Gasteiger partial charge in [0.2, 0.25) is 5.95 Å². The average Bonchev–Trinajstić information content (AvgIpc) is 2.93. The second kappa shape index (κ2) is 10.6. The first kappa shape index (κ1) is 27.5. The number of aryl methyl sites for hydroxylation is 1. The number of carbonyl (C=O) groups excluding carboxylic acids is 1. The fraction of sp³-hybridized carbons (Fsp3) is 0.393. The number of nitrogens with one attached hydrogen (secondary N) is 1. The van der Waals surface area contributed by atoms with Crippen LogP contribution in [0.15, 0.2) is 41.6 Å². The predicted molar refractivity (Wildman–Crippen MR) is 151 cm³/mol. The summed E-state index contributed by atoms with van der Waals surface area (Å²) in [5.41, 5.74) is 1.03. The summed E-state index contributed by atoms with van der Waals surface area (Å²) in [6.45, 7) is 1.05. The van der Waals surface area contributed by atoms with Gasteiger partial charge in [-0.3, -0.25) is 4.79 Å². The van der Waals surface area contributed by atoms with Gasteiger partial charge in [0.1, 0.15) is 10.7 Å². The number of fused-ring (bicyclic) bond motifs is 1. The molecule has 2 aromatic heterocycles. The lowest BCUT2D eigenvalue weighted by atomic mass is 9.64. The standard InChI is InChI=1S/C28H28ClFN6O4S/c1-40-26(37)28(9-3-10-28)20-6-5-19(14-21(20)30)33-25-23-22(4-2-13-41(23,38)39)34-27(35-25)36-11-7-17(8-12-36)24-31-15-18(29)16-32-24/h5-7,14-16H,2-4,8-13H2,1H3,(H,33,34,35). The molecule has 1 aromatic carbocycles. The van der Waals surface area contributed by atoms with Gasteiger partial charge in [0.05, 0.1) is 29.0 Å². The molecule has 13 heteroatoms. The number of methoxy groups -OCH3 is 1. The summed E-state index contributed by atoms with van der Waals surface area (Å²) in [6.07, 6.45) is 8.52. The molecular formula is C28H28ClFN6O4S. The van der Waals surface area contributed by atoms with Crippen LogP contribution in [-0.2, 0) is 31.2 Å². The Labute approximate surface area is 242 Å². The van der Waals surface area contributed by atoms with Crippen molar-refractivity contribution in [2.45, 2.75) is 48.8 Å². The smallest absolute Gasteiger partial charge is 0.316 e. The number of sulfone groups is 1. The number of hydrogen-bond donors (Lipinski definition) is 1. The third-order valence-corrected chi connectivity index (χ3v) is 10.1. The van der Waals surface area contributed by atoms with Gasteiger partial charge in [-0.1, -0.05) is 30.2 Å². The molecule has 10 nitrogen and oxygen atoms in total. The molecule has 0 radical (unpaired) electrons. The number of halogens is 2. The number of esters is 1. The Balaban J connectivity index is 1.32. The van der Waals surface area contributed by atoms with Crippen molar-refractivity contribution in [3.8, 4) is 0 Å². The molecule has 0 spiro atoms. The minimum Gasteiger partial charge on any atom is -0.468 e. The minimum absolute atomic E-state index is 0.0107. The molecular weight excluding hydrogens is 571 g/mol. The van der Waals surface area contributed by atoms with Crippen molar-refractivity contribution in [1.29, 1.82) is 0 Å². The van der Waals surface area contributed by atoms with Crippen LogP contribution in [0.4, 0.5) is 21.8 Å². The maximum atomic E-state index is 15.4. The van der Waals surface area contributed by atoms with Gasteiger partial charge >= 0.3 is 5.97 Å². The highest BCUT2D eigenvalue weighted by molar-refractivity contribution is 7.91. The molecule has 3 aromatic rings. The first-order valence-electron chi connectivity index (χ1n) is 13.4. The number of benzene rings is 1. The van der Waals surface area contributed by atoms with E-state index in [2.05, 4.69) is 25.3 Å². The number of rotatable bonds is 6. The third-order valence-electron chi connectivity index (χ3n) is 7.99. The van der Waals surface area contributed by atoms with E-state index in [9.17, 15) is 13.2 Å². The fourth-order valence-corrected chi connectivity index (χ4v) is 7.42. The Kier molecular flexibility index (Phi) is 7.14. The van der Waals surface area contributed by atoms with Crippen LogP contribution in [0, 0.1) is 5.82 Å². The Hall–Kier alpha value is -3.64. The molecule has 1 aliphatic carbocycles. The Morgan fingerprint density at radius 2 is 1.93 bits per heavy atom. The fourth-order valence-electron chi connectivity index (χ4n) is 5.70. The van der Waals surface area contributed by atoms with E-state index in [-0.39, 0.29) is 22.0 Å². The van der Waals surface area contributed by atoms with Gasteiger partial charge in [0.15, 0.2) is 21.5 Å². The first-order chi connectivity index (χ1) is 19.7. The summed E-state index contributed by atoms with van der Waals surface area (Å²) < 4.78 is 46.6. The molecule has 214 valence electrons. The number of anilines is 3. The van der Waals surface area contributed by atoms with E-state index < -0.39 is 27.0 Å². The third kappa shape index (κ3) is 5.03. The van der Waals surface area contributed by atoms with E-state index in [0.717, 1.165) is 12.0 Å². The highest BCUT2D eigenvalue weighted by atomic mass is 35.5. The topological polar surface area (TPSA) is 127 Å². The van der Waals surface area contributed by atoms with Crippen LogP contribution in [0.5, 0.6) is 0 Å². The normalized spacial score (nSPS) is 19.0. The summed E-state index contributed by atoms with van der Waals surface area (Å²) >= 11 is 5.91. The zero-order valence-corrected chi connectivity index (χ0v) is 23.9. The lowest BCUT2D eigenvalue weighted by Crippen LogP contribution is -2.43. The van der Waals surface area contributed by atoms with Crippen molar-refractivity contribution in [2.75, 3.05) is 36.2 Å². The maximum absolute atomic E-state index is 15.4. The molecule has 0 atom stereocenters. The summed E-state index contributed by atoms with van der Waals surface area (Å²) in [7, 11) is -2.34. The van der Waals surface area contributed by atoms with E-state index in [1.54, 1.807) is 24.5 Å². The van der Waals surface area contributed by atoms with Crippen molar-refractivity contribution < 1.29 is 22.3 Å². The molecule has 1 fully saturated rings. The van der Waals surface area contributed by atoms with E-state index in [1.807, 2.05) is 11.0 Å². The van der Waals surface area contributed by atoms with Gasteiger partial charge in [-0.2, -0.15) is 4.98 Å². The van der Waals surface area contributed by atoms with E-state index in [1.165, 1.54) is 13.2 Å². The maximum Gasteiger partial charge on any atom is 0.316 e. The molecule has 0 bridgehead atoms. The van der Waals surface area contributed by atoms with Crippen molar-refractivity contribution in [1.82, 2.24) is 19.9 Å². The second-order valence-electron chi connectivity index (χ2n) is 10.5. The highest BCUT2D eigenvalue weighted by Crippen LogP contribution is 2.46. The number of hydrogen-bond acceptors (Lipinski definition) is 10. The molecule has 1 N–H and O–H groups in total. The van der Waals surface area contributed by atoms with Gasteiger partial charge in [0.25, 0.3) is 0 Å². The van der Waals surface area contributed by atoms with E-state index >= 15 is 4.39 Å². The summed E-state index contributed by atoms with van der Waals surface area (Å²) in [5.74, 6) is 0.0686. The number of carbonyl (C=O) groups is 1. The van der Waals surface area contributed by atoms with Crippen LogP contribution in [0.25, 0.3) is 5.57 Å². The molecule has 1 saturated carbocycles. The van der Waals surface area contributed by atoms with Crippen LogP contribution in [0.1, 0.15) is 49.2 Å². The van der Waals surface area contributed by atoms with Crippen LogP contribution in [0.3, 0.4) is 0 Å². The van der Waals surface area contributed by atoms with Crippen LogP contribution in [-0.4, -0.2) is 60.3 Å². The monoisotopic (exact) mass is 598 g/mol. The van der Waals surface area contributed by atoms with E-state index in [0.29, 0.717) is 73.4 Å². The van der Waals surface area contributed by atoms with Crippen molar-refractivity contribution in [3.63, 3.8) is 0 Å². The van der Waals surface area contributed by atoms with Crippen molar-refractivity contribution in [3.05, 3.63) is 64.6 Å². The largest absolute Gasteiger partial charge is 0.468 e. The molecule has 0 unspecified atom stereocenters. The SMILES string of the molecule is COC(=O)C1(c2ccc(Nc3nc(N4CC=C(c5ncc(Cl)cn5)CC4)nc4c3S(=O)(=O)CCC4)cc2F)CCC1. The second-order valence-corrected chi connectivity index (χ2v) is 13.0. The number of aromatic nitrogens is 4. The molecule has 2 aliphatic heterocycles. The van der Waals surface area contributed by atoms with Gasteiger partial charge in [-0.25, -0.2) is 27.8 Å². The van der Waals surface area contributed by atoms with Gasteiger partial charge in [0, 0.05) is 36.7 Å². The van der Waals surface area contributed by atoms with Gasteiger partial charge < -0.3 is 15.0 Å². The molecule has 41 heavy (non-hydrogen) atoms. The van der Waals surface area contributed by atoms with Crippen LogP contribution >= 0.6 is 11.6 Å². The predicted octanol–water partition coefficient (Wildman–Crippen LogP) is 4.41. The van der Waals surface area contributed by atoms with Crippen LogP contribution in [0.2, 0.25) is 5.02 Å². The number of nitrogens with zero attached hydrogens (tertiary/aromatic N) is 5. The lowest BCUT2D eigenvalue weighted by molar-refractivity contribution is -0.151. The molecule has 0 amide bonds. The van der Waals surface area contributed by atoms with Crippen molar-refractivity contribution in [2.24, 2.45) is 0 Å². The average molecular weight is 599 g/mol. The Morgan fingerprint density at radius 3 is 2.56 bits per heavy atom. The quantitative estimate of drug-likeness (QED) is 0.408. The molecule has 3 aliphatic rings.